The van der Waals surface area contributed by atoms with Gasteiger partial charge in [0.2, 0.25) is 5.88 Å². The van der Waals surface area contributed by atoms with Gasteiger partial charge in [0, 0.05) is 30.4 Å². The summed E-state index contributed by atoms with van der Waals surface area (Å²) in [5.41, 5.74) is 2.98. The van der Waals surface area contributed by atoms with Crippen LogP contribution in [0.2, 0.25) is 5.02 Å². The van der Waals surface area contributed by atoms with Gasteiger partial charge in [-0.1, -0.05) is 41.9 Å². The first-order valence-corrected chi connectivity index (χ1v) is 13.6. The number of nitrogen functional groups attached to an aromatic ring is 1. The highest BCUT2D eigenvalue weighted by Gasteiger charge is 2.49. The summed E-state index contributed by atoms with van der Waals surface area (Å²) >= 11 is 5.90. The molecule has 220 valence electrons. The van der Waals surface area contributed by atoms with E-state index in [2.05, 4.69) is 15.0 Å². The molecule has 7 nitrogen and oxygen atoms in total. The molecule has 2 aliphatic heterocycles. The van der Waals surface area contributed by atoms with Crippen LogP contribution in [-0.4, -0.2) is 51.3 Å². The van der Waals surface area contributed by atoms with Crippen molar-refractivity contribution in [2.24, 2.45) is 0 Å². The van der Waals surface area contributed by atoms with E-state index in [0.717, 1.165) is 43.3 Å². The van der Waals surface area contributed by atoms with Gasteiger partial charge >= 0.3 is 12.2 Å². The Kier molecular flexibility index (Phi) is 7.30. The molecule has 0 unspecified atom stereocenters. The highest BCUT2D eigenvalue weighted by Crippen LogP contribution is 2.44. The summed E-state index contributed by atoms with van der Waals surface area (Å²) in [4.78, 5) is 14.6. The standard InChI is InChI=1S/C29H25ClF5N5O2/c30-21-10-18(36)9-19(22(21)29(33,34)35)24-23(32)25-20(12-37-24)26(41-14-16-5-2-1-3-6-16)39-27(38-25)42-15-28-7-4-8-40(28)13-17(31)11-28/h1-3,5-6,9-10,12,17H,4,7-8,11,13-15,36H2/t17-,28+/m1/s1. The molecule has 2 N–H and O–H groups in total. The minimum atomic E-state index is -4.92. The van der Waals surface area contributed by atoms with E-state index in [1.54, 1.807) is 0 Å². The number of benzene rings is 2. The Labute approximate surface area is 242 Å². The number of hydrogen-bond acceptors (Lipinski definition) is 7. The molecule has 0 saturated carbocycles. The number of fused-ring (bicyclic) bond motifs is 2. The molecule has 2 aliphatic rings. The smallest absolute Gasteiger partial charge is 0.418 e. The molecule has 2 aromatic heterocycles. The van der Waals surface area contributed by atoms with Crippen molar-refractivity contribution >= 4 is 28.2 Å². The molecule has 13 heteroatoms. The fourth-order valence-electron chi connectivity index (χ4n) is 5.85. The van der Waals surface area contributed by atoms with Crippen LogP contribution in [0.15, 0.2) is 48.7 Å². The molecule has 0 radical (unpaired) electrons. The van der Waals surface area contributed by atoms with Crippen LogP contribution >= 0.6 is 11.6 Å². The molecule has 2 saturated heterocycles. The molecule has 6 rings (SSSR count). The number of nitrogens with zero attached hydrogens (tertiary/aromatic N) is 4. The second kappa shape index (κ2) is 10.8. The molecule has 0 amide bonds. The second-order valence-electron chi connectivity index (χ2n) is 10.6. The normalized spacial score (nSPS) is 20.7. The van der Waals surface area contributed by atoms with E-state index in [-0.39, 0.29) is 48.1 Å². The molecular weight excluding hydrogens is 581 g/mol. The fraction of sp³-hybridized carbons (Fsp3) is 0.345. The Morgan fingerprint density at radius 2 is 1.90 bits per heavy atom. The highest BCUT2D eigenvalue weighted by atomic mass is 35.5. The third kappa shape index (κ3) is 5.29. The van der Waals surface area contributed by atoms with Gasteiger partial charge in [-0.2, -0.15) is 23.1 Å². The first kappa shape index (κ1) is 28.4. The van der Waals surface area contributed by atoms with Gasteiger partial charge in [-0.15, -0.1) is 0 Å². The molecule has 0 bridgehead atoms. The van der Waals surface area contributed by atoms with Crippen LogP contribution in [0, 0.1) is 5.82 Å². The number of ether oxygens (including phenoxy) is 2. The predicted molar refractivity (Wildman–Crippen MR) is 146 cm³/mol. The first-order valence-electron chi connectivity index (χ1n) is 13.3. The number of hydrogen-bond donors (Lipinski definition) is 1. The summed E-state index contributed by atoms with van der Waals surface area (Å²) in [7, 11) is 0. The number of rotatable bonds is 7. The fourth-order valence-corrected chi connectivity index (χ4v) is 6.18. The van der Waals surface area contributed by atoms with E-state index in [1.807, 2.05) is 35.2 Å². The zero-order valence-corrected chi connectivity index (χ0v) is 22.9. The van der Waals surface area contributed by atoms with Crippen LogP contribution in [0.5, 0.6) is 11.9 Å². The second-order valence-corrected chi connectivity index (χ2v) is 11.0. The number of alkyl halides is 4. The number of aromatic nitrogens is 3. The zero-order valence-electron chi connectivity index (χ0n) is 22.1. The maximum Gasteiger partial charge on any atom is 0.418 e. The lowest BCUT2D eigenvalue weighted by Gasteiger charge is -2.30. The Bertz CT molecular complexity index is 1640. The van der Waals surface area contributed by atoms with Crippen molar-refractivity contribution in [3.05, 3.63) is 70.6 Å². The number of pyridine rings is 1. The van der Waals surface area contributed by atoms with Crippen molar-refractivity contribution in [3.8, 4) is 23.1 Å². The van der Waals surface area contributed by atoms with Gasteiger partial charge in [-0.25, -0.2) is 8.78 Å². The lowest BCUT2D eigenvalue weighted by molar-refractivity contribution is -0.137. The van der Waals surface area contributed by atoms with E-state index < -0.39 is 45.5 Å². The summed E-state index contributed by atoms with van der Waals surface area (Å²) in [6.45, 7) is 1.16. The predicted octanol–water partition coefficient (Wildman–Crippen LogP) is 6.62. The molecular formula is C29H25ClF5N5O2. The minimum absolute atomic E-state index is 0.0217. The van der Waals surface area contributed by atoms with Crippen molar-refractivity contribution < 1.29 is 31.4 Å². The third-order valence-corrected chi connectivity index (χ3v) is 8.03. The Balaban J connectivity index is 1.44. The topological polar surface area (TPSA) is 86.4 Å². The van der Waals surface area contributed by atoms with Gasteiger partial charge in [0.25, 0.3) is 0 Å². The van der Waals surface area contributed by atoms with Crippen LogP contribution in [0.25, 0.3) is 22.2 Å². The molecule has 0 aliphatic carbocycles. The van der Waals surface area contributed by atoms with Gasteiger partial charge in [-0.05, 0) is 37.1 Å². The average molecular weight is 606 g/mol. The molecule has 2 aromatic carbocycles. The number of halogens is 6. The number of nitrogens with two attached hydrogens (primary N) is 1. The lowest BCUT2D eigenvalue weighted by atomic mass is 9.95. The van der Waals surface area contributed by atoms with Gasteiger partial charge in [0.05, 0.1) is 21.5 Å². The quantitative estimate of drug-likeness (QED) is 0.187. The van der Waals surface area contributed by atoms with Crippen LogP contribution in [0.4, 0.5) is 27.6 Å². The van der Waals surface area contributed by atoms with E-state index in [0.29, 0.717) is 6.54 Å². The molecule has 42 heavy (non-hydrogen) atoms. The summed E-state index contributed by atoms with van der Waals surface area (Å²) < 4.78 is 84.2. The monoisotopic (exact) mass is 605 g/mol. The maximum absolute atomic E-state index is 16.1. The Hall–Kier alpha value is -3.77. The van der Waals surface area contributed by atoms with Crippen molar-refractivity contribution in [1.82, 2.24) is 19.9 Å². The van der Waals surface area contributed by atoms with Gasteiger partial charge < -0.3 is 15.2 Å². The van der Waals surface area contributed by atoms with Crippen molar-refractivity contribution in [2.75, 3.05) is 25.4 Å². The molecule has 2 fully saturated rings. The van der Waals surface area contributed by atoms with E-state index in [9.17, 15) is 17.6 Å². The molecule has 2 atom stereocenters. The highest BCUT2D eigenvalue weighted by molar-refractivity contribution is 6.32. The van der Waals surface area contributed by atoms with Crippen molar-refractivity contribution in [3.63, 3.8) is 0 Å². The van der Waals surface area contributed by atoms with E-state index in [4.69, 9.17) is 26.8 Å². The summed E-state index contributed by atoms with van der Waals surface area (Å²) in [6, 6.07) is 10.8. The largest absolute Gasteiger partial charge is 0.472 e. The molecule has 0 spiro atoms. The summed E-state index contributed by atoms with van der Waals surface area (Å²) in [6.07, 6.45) is -2.89. The first-order chi connectivity index (χ1) is 20.0. The van der Waals surface area contributed by atoms with Crippen LogP contribution < -0.4 is 15.2 Å². The third-order valence-electron chi connectivity index (χ3n) is 7.73. The molecule has 4 heterocycles. The minimum Gasteiger partial charge on any atom is -0.472 e. The van der Waals surface area contributed by atoms with Gasteiger partial charge in [-0.3, -0.25) is 9.88 Å². The zero-order chi connectivity index (χ0) is 29.6. The van der Waals surface area contributed by atoms with Crippen molar-refractivity contribution in [1.29, 1.82) is 0 Å². The lowest BCUT2D eigenvalue weighted by Crippen LogP contribution is -2.43. The molecule has 4 aromatic rings. The van der Waals surface area contributed by atoms with E-state index >= 15 is 4.39 Å². The number of anilines is 1. The maximum atomic E-state index is 16.1. The average Bonchev–Trinajstić information content (AvgIpc) is 3.46. The van der Waals surface area contributed by atoms with Crippen LogP contribution in [0.1, 0.15) is 30.4 Å². The Morgan fingerprint density at radius 3 is 2.67 bits per heavy atom. The SMILES string of the molecule is Nc1cc(Cl)c(C(F)(F)F)c(-c2ncc3c(OCc4ccccc4)nc(OC[C@@]45CCCN4C[C@H](F)C5)nc3c2F)c1. The van der Waals surface area contributed by atoms with Crippen LogP contribution in [-0.2, 0) is 12.8 Å². The van der Waals surface area contributed by atoms with Gasteiger partial charge in [0.1, 0.15) is 30.6 Å². The summed E-state index contributed by atoms with van der Waals surface area (Å²) in [5.74, 6) is -1.24. The van der Waals surface area contributed by atoms with Crippen LogP contribution in [0.3, 0.4) is 0 Å². The summed E-state index contributed by atoms with van der Waals surface area (Å²) in [5, 5.41) is -0.672. The van der Waals surface area contributed by atoms with E-state index in [1.165, 1.54) is 0 Å². The Morgan fingerprint density at radius 1 is 1.12 bits per heavy atom. The van der Waals surface area contributed by atoms with Gasteiger partial charge in [0.15, 0.2) is 5.82 Å². The van der Waals surface area contributed by atoms with Crippen molar-refractivity contribution in [2.45, 2.75) is 43.8 Å².